The number of hydrogen-bond acceptors (Lipinski definition) is 3. The minimum Gasteiger partial charge on any atom is -0.365 e. The summed E-state index contributed by atoms with van der Waals surface area (Å²) in [6, 6.07) is 1.66. The van der Waals surface area contributed by atoms with Gasteiger partial charge in [0.1, 0.15) is 0 Å². The van der Waals surface area contributed by atoms with Crippen LogP contribution in [0.2, 0.25) is 0 Å². The van der Waals surface area contributed by atoms with Crippen LogP contribution in [0.4, 0.5) is 0 Å². The van der Waals surface area contributed by atoms with Gasteiger partial charge in [-0.15, -0.1) is 0 Å². The molecule has 2 heterocycles. The van der Waals surface area contributed by atoms with Crippen molar-refractivity contribution in [3.05, 3.63) is 33.7 Å². The number of aromatic nitrogens is 1. The molecule has 1 aliphatic heterocycles. The number of pyridine rings is 1. The minimum absolute atomic E-state index is 0.125. The van der Waals surface area contributed by atoms with Crippen LogP contribution in [0.15, 0.2) is 17.1 Å². The highest BCUT2D eigenvalue weighted by molar-refractivity contribution is 5.13. The van der Waals surface area contributed by atoms with Gasteiger partial charge in [0.2, 0.25) is 0 Å². The van der Waals surface area contributed by atoms with Crippen LogP contribution in [0.1, 0.15) is 36.9 Å². The van der Waals surface area contributed by atoms with Gasteiger partial charge >= 0.3 is 0 Å². The van der Waals surface area contributed by atoms with Gasteiger partial charge in [0, 0.05) is 30.1 Å². The van der Waals surface area contributed by atoms with Crippen LogP contribution in [-0.4, -0.2) is 36.1 Å². The summed E-state index contributed by atoms with van der Waals surface area (Å²) in [5, 5.41) is 3.35. The van der Waals surface area contributed by atoms with E-state index in [1.54, 1.807) is 6.07 Å². The maximum Gasteiger partial charge on any atom is 0.186 e. The zero-order valence-corrected chi connectivity index (χ0v) is 11.9. The Morgan fingerprint density at radius 1 is 1.32 bits per heavy atom. The molecule has 0 spiro atoms. The van der Waals surface area contributed by atoms with Gasteiger partial charge in [0.05, 0.1) is 0 Å². The van der Waals surface area contributed by atoms with Crippen molar-refractivity contribution in [3.8, 4) is 0 Å². The molecule has 0 unspecified atom stereocenters. The van der Waals surface area contributed by atoms with Crippen molar-refractivity contribution in [1.82, 2.24) is 15.2 Å². The lowest BCUT2D eigenvalue weighted by Crippen LogP contribution is -2.32. The molecule has 106 valence electrons. The fourth-order valence-corrected chi connectivity index (χ4v) is 2.57. The van der Waals surface area contributed by atoms with Gasteiger partial charge in [-0.1, -0.05) is 6.42 Å². The van der Waals surface area contributed by atoms with E-state index >= 15 is 0 Å². The number of likely N-dealkylation sites (tertiary alicyclic amines) is 1. The van der Waals surface area contributed by atoms with Crippen molar-refractivity contribution >= 4 is 0 Å². The smallest absolute Gasteiger partial charge is 0.186 e. The Morgan fingerprint density at radius 3 is 2.84 bits per heavy atom. The van der Waals surface area contributed by atoms with E-state index in [1.807, 2.05) is 13.1 Å². The summed E-state index contributed by atoms with van der Waals surface area (Å²) in [5.41, 5.74) is 1.86. The number of piperidine rings is 1. The van der Waals surface area contributed by atoms with Gasteiger partial charge in [-0.2, -0.15) is 0 Å². The average Bonchev–Trinajstić information content (AvgIpc) is 2.42. The van der Waals surface area contributed by atoms with Gasteiger partial charge in [-0.05, 0) is 52.4 Å². The van der Waals surface area contributed by atoms with Gasteiger partial charge in [0.25, 0.3) is 0 Å². The molecule has 4 heteroatoms. The monoisotopic (exact) mass is 263 g/mol. The molecule has 1 fully saturated rings. The summed E-state index contributed by atoms with van der Waals surface area (Å²) in [6.45, 7) is 7.24. The fourth-order valence-electron chi connectivity index (χ4n) is 2.57. The van der Waals surface area contributed by atoms with Crippen LogP contribution in [0.3, 0.4) is 0 Å². The number of H-pyrrole nitrogens is 1. The van der Waals surface area contributed by atoms with Crippen molar-refractivity contribution in [3.63, 3.8) is 0 Å². The van der Waals surface area contributed by atoms with Crippen LogP contribution in [0.5, 0.6) is 0 Å². The summed E-state index contributed by atoms with van der Waals surface area (Å²) < 4.78 is 0. The number of hydrogen-bond donors (Lipinski definition) is 2. The van der Waals surface area contributed by atoms with Crippen molar-refractivity contribution < 1.29 is 0 Å². The third-order valence-electron chi connectivity index (χ3n) is 3.73. The van der Waals surface area contributed by atoms with Crippen molar-refractivity contribution in [2.75, 3.05) is 26.2 Å². The predicted octanol–water partition coefficient (Wildman–Crippen LogP) is 1.65. The lowest BCUT2D eigenvalue weighted by molar-refractivity contribution is 0.225. The Labute approximate surface area is 115 Å². The van der Waals surface area contributed by atoms with E-state index in [1.165, 1.54) is 38.9 Å². The molecular weight excluding hydrogens is 238 g/mol. The Morgan fingerprint density at radius 2 is 2.11 bits per heavy atom. The quantitative estimate of drug-likeness (QED) is 0.767. The summed E-state index contributed by atoms with van der Waals surface area (Å²) in [4.78, 5) is 17.3. The van der Waals surface area contributed by atoms with Crippen molar-refractivity contribution in [1.29, 1.82) is 0 Å². The molecule has 4 nitrogen and oxygen atoms in total. The molecule has 0 radical (unpaired) electrons. The SMILES string of the molecule is Cc1cc(=O)c(CNCCCN2CCCCC2)c[nH]1. The molecule has 0 aromatic carbocycles. The number of aryl methyl sites for hydroxylation is 1. The van der Waals surface area contributed by atoms with Gasteiger partial charge in [-0.25, -0.2) is 0 Å². The largest absolute Gasteiger partial charge is 0.365 e. The van der Waals surface area contributed by atoms with Crippen LogP contribution in [0.25, 0.3) is 0 Å². The van der Waals surface area contributed by atoms with E-state index in [2.05, 4.69) is 15.2 Å². The standard InChI is InChI=1S/C15H25N3O/c1-13-10-15(19)14(12-17-13)11-16-6-5-9-18-7-3-2-4-8-18/h10,12,16H,2-9,11H2,1H3,(H,17,19). The lowest BCUT2D eigenvalue weighted by Gasteiger charge is -2.26. The third kappa shape index (κ3) is 4.80. The molecule has 1 aromatic rings. The van der Waals surface area contributed by atoms with Gasteiger partial charge in [0.15, 0.2) is 5.43 Å². The van der Waals surface area contributed by atoms with Crippen LogP contribution < -0.4 is 10.7 Å². The first-order chi connectivity index (χ1) is 9.25. The summed E-state index contributed by atoms with van der Waals surface area (Å²) in [6.07, 6.45) is 7.07. The number of aromatic amines is 1. The predicted molar refractivity (Wildman–Crippen MR) is 78.4 cm³/mol. The molecule has 2 rings (SSSR count). The average molecular weight is 263 g/mol. The molecule has 19 heavy (non-hydrogen) atoms. The second-order valence-electron chi connectivity index (χ2n) is 5.44. The minimum atomic E-state index is 0.125. The van der Waals surface area contributed by atoms with Gasteiger partial charge < -0.3 is 15.2 Å². The highest BCUT2D eigenvalue weighted by atomic mass is 16.1. The van der Waals surface area contributed by atoms with E-state index in [0.29, 0.717) is 6.54 Å². The van der Waals surface area contributed by atoms with Crippen LogP contribution >= 0.6 is 0 Å². The Balaban J connectivity index is 1.62. The zero-order chi connectivity index (χ0) is 13.5. The number of rotatable bonds is 6. The fraction of sp³-hybridized carbons (Fsp3) is 0.667. The molecule has 2 N–H and O–H groups in total. The second kappa shape index (κ2) is 7.46. The molecule has 1 aliphatic rings. The lowest BCUT2D eigenvalue weighted by atomic mass is 10.1. The van der Waals surface area contributed by atoms with E-state index in [4.69, 9.17) is 0 Å². The molecule has 0 saturated carbocycles. The van der Waals surface area contributed by atoms with E-state index in [0.717, 1.165) is 24.2 Å². The number of nitrogens with one attached hydrogen (secondary N) is 2. The van der Waals surface area contributed by atoms with E-state index in [9.17, 15) is 4.79 Å². The first-order valence-electron chi connectivity index (χ1n) is 7.37. The summed E-state index contributed by atoms with van der Waals surface area (Å²) in [7, 11) is 0. The van der Waals surface area contributed by atoms with Crippen molar-refractivity contribution in [2.45, 2.75) is 39.2 Å². The molecule has 0 bridgehead atoms. The normalized spacial score (nSPS) is 16.7. The Hall–Kier alpha value is -1.13. The second-order valence-corrected chi connectivity index (χ2v) is 5.44. The molecule has 1 aromatic heterocycles. The maximum absolute atomic E-state index is 11.7. The molecule has 1 saturated heterocycles. The summed E-state index contributed by atoms with van der Waals surface area (Å²) in [5.74, 6) is 0. The topological polar surface area (TPSA) is 48.1 Å². The third-order valence-corrected chi connectivity index (χ3v) is 3.73. The highest BCUT2D eigenvalue weighted by Gasteiger charge is 2.08. The maximum atomic E-state index is 11.7. The van der Waals surface area contributed by atoms with Crippen molar-refractivity contribution in [2.24, 2.45) is 0 Å². The molecule has 0 atom stereocenters. The highest BCUT2D eigenvalue weighted by Crippen LogP contribution is 2.08. The van der Waals surface area contributed by atoms with Crippen LogP contribution in [-0.2, 0) is 6.54 Å². The first-order valence-corrected chi connectivity index (χ1v) is 7.37. The molecular formula is C15H25N3O. The Kier molecular flexibility index (Phi) is 5.61. The summed E-state index contributed by atoms with van der Waals surface area (Å²) >= 11 is 0. The Bertz CT molecular complexity index is 435. The number of nitrogens with zero attached hydrogens (tertiary/aromatic N) is 1. The van der Waals surface area contributed by atoms with Gasteiger partial charge in [-0.3, -0.25) is 4.79 Å². The van der Waals surface area contributed by atoms with E-state index < -0.39 is 0 Å². The van der Waals surface area contributed by atoms with Crippen LogP contribution in [0, 0.1) is 6.92 Å². The molecule has 0 aliphatic carbocycles. The zero-order valence-electron chi connectivity index (χ0n) is 11.9. The first kappa shape index (κ1) is 14.3. The molecule has 0 amide bonds. The van der Waals surface area contributed by atoms with E-state index in [-0.39, 0.29) is 5.43 Å².